The van der Waals surface area contributed by atoms with Crippen LogP contribution >= 0.6 is 11.6 Å². The maximum atomic E-state index is 6.18. The Labute approximate surface area is 114 Å². The van der Waals surface area contributed by atoms with Gasteiger partial charge in [0, 0.05) is 20.1 Å². The van der Waals surface area contributed by atoms with Gasteiger partial charge in [0.15, 0.2) is 0 Å². The van der Waals surface area contributed by atoms with Crippen LogP contribution in [-0.4, -0.2) is 29.0 Å². The molecule has 0 amide bonds. The van der Waals surface area contributed by atoms with E-state index in [9.17, 15) is 0 Å². The van der Waals surface area contributed by atoms with Crippen LogP contribution in [0.25, 0.3) is 0 Å². The topological polar surface area (TPSA) is 39.1 Å². The van der Waals surface area contributed by atoms with Crippen molar-refractivity contribution in [3.8, 4) is 0 Å². The fourth-order valence-electron chi connectivity index (χ4n) is 2.43. The van der Waals surface area contributed by atoms with E-state index in [1.165, 1.54) is 25.7 Å². The molecule has 0 aromatic carbocycles. The summed E-state index contributed by atoms with van der Waals surface area (Å²) in [6.07, 6.45) is 5.60. The zero-order valence-electron chi connectivity index (χ0n) is 11.2. The molecule has 1 aromatic heterocycles. The first-order valence-electron chi connectivity index (χ1n) is 6.68. The van der Waals surface area contributed by atoms with Crippen molar-refractivity contribution < 1.29 is 4.74 Å². The lowest BCUT2D eigenvalue weighted by Gasteiger charge is -2.11. The maximum absolute atomic E-state index is 6.18. The number of nitrogens with one attached hydrogen (secondary N) is 1. The van der Waals surface area contributed by atoms with Crippen LogP contribution in [0.1, 0.15) is 37.1 Å². The predicted molar refractivity (Wildman–Crippen MR) is 72.9 cm³/mol. The molecule has 0 bridgehead atoms. The first-order chi connectivity index (χ1) is 8.68. The molecular formula is C13H22ClN3O. The third-order valence-electron chi connectivity index (χ3n) is 3.49. The quantitative estimate of drug-likeness (QED) is 0.808. The molecule has 0 spiro atoms. The van der Waals surface area contributed by atoms with Gasteiger partial charge in [-0.25, -0.2) is 0 Å². The number of rotatable bonds is 6. The van der Waals surface area contributed by atoms with E-state index in [1.54, 1.807) is 0 Å². The lowest BCUT2D eigenvalue weighted by Crippen LogP contribution is -2.23. The smallest absolute Gasteiger partial charge is 0.0860 e. The minimum Gasteiger partial charge on any atom is -0.377 e. The van der Waals surface area contributed by atoms with Crippen LogP contribution in [0.5, 0.6) is 0 Å². The number of hydrogen-bond donors (Lipinski definition) is 1. The van der Waals surface area contributed by atoms with E-state index in [0.29, 0.717) is 6.10 Å². The van der Waals surface area contributed by atoms with E-state index in [1.807, 2.05) is 18.7 Å². The van der Waals surface area contributed by atoms with Crippen molar-refractivity contribution in [2.24, 2.45) is 7.05 Å². The molecule has 0 unspecified atom stereocenters. The molecule has 102 valence electrons. The third kappa shape index (κ3) is 3.46. The first kappa shape index (κ1) is 13.8. The lowest BCUT2D eigenvalue weighted by molar-refractivity contribution is 0.0602. The van der Waals surface area contributed by atoms with Crippen molar-refractivity contribution >= 4 is 11.6 Å². The summed E-state index contributed by atoms with van der Waals surface area (Å²) in [5.74, 6) is 0. The summed E-state index contributed by atoms with van der Waals surface area (Å²) in [5.41, 5.74) is 1.92. The van der Waals surface area contributed by atoms with E-state index in [2.05, 4.69) is 10.4 Å². The highest BCUT2D eigenvalue weighted by Crippen LogP contribution is 2.21. The molecule has 1 aliphatic carbocycles. The fourth-order valence-corrected chi connectivity index (χ4v) is 2.66. The van der Waals surface area contributed by atoms with Gasteiger partial charge in [-0.3, -0.25) is 4.68 Å². The van der Waals surface area contributed by atoms with Gasteiger partial charge in [0.25, 0.3) is 0 Å². The Hall–Kier alpha value is -0.580. The summed E-state index contributed by atoms with van der Waals surface area (Å²) in [6, 6.07) is 0. The second-order valence-electron chi connectivity index (χ2n) is 4.92. The Balaban J connectivity index is 1.65. The van der Waals surface area contributed by atoms with Gasteiger partial charge < -0.3 is 10.1 Å². The summed E-state index contributed by atoms with van der Waals surface area (Å²) >= 11 is 6.18. The second-order valence-corrected chi connectivity index (χ2v) is 5.30. The van der Waals surface area contributed by atoms with Crippen molar-refractivity contribution in [3.63, 3.8) is 0 Å². The van der Waals surface area contributed by atoms with Crippen LogP contribution < -0.4 is 5.32 Å². The normalized spacial score (nSPS) is 16.6. The average molecular weight is 272 g/mol. The van der Waals surface area contributed by atoms with Gasteiger partial charge in [-0.2, -0.15) is 5.10 Å². The van der Waals surface area contributed by atoms with Crippen molar-refractivity contribution in [2.45, 2.75) is 45.3 Å². The Morgan fingerprint density at radius 2 is 2.17 bits per heavy atom. The van der Waals surface area contributed by atoms with Gasteiger partial charge in [0.05, 0.1) is 29.1 Å². The number of ether oxygens (including phenoxy) is 1. The van der Waals surface area contributed by atoms with Gasteiger partial charge >= 0.3 is 0 Å². The van der Waals surface area contributed by atoms with Crippen molar-refractivity contribution in [2.75, 3.05) is 13.2 Å². The number of aryl methyl sites for hydroxylation is 2. The maximum Gasteiger partial charge on any atom is 0.0860 e. The largest absolute Gasteiger partial charge is 0.377 e. The van der Waals surface area contributed by atoms with Crippen LogP contribution in [0.2, 0.25) is 5.02 Å². The van der Waals surface area contributed by atoms with Crippen LogP contribution in [-0.2, 0) is 18.3 Å². The highest BCUT2D eigenvalue weighted by atomic mass is 35.5. The Kier molecular flexibility index (Phi) is 5.03. The van der Waals surface area contributed by atoms with Gasteiger partial charge in [-0.15, -0.1) is 0 Å². The lowest BCUT2D eigenvalue weighted by atomic mass is 10.3. The molecule has 1 aliphatic rings. The molecule has 0 atom stereocenters. The SMILES string of the molecule is Cc1nn(C)c(CNCCOC2CCCC2)c1Cl. The summed E-state index contributed by atoms with van der Waals surface area (Å²) < 4.78 is 7.62. The van der Waals surface area contributed by atoms with Crippen molar-refractivity contribution in [3.05, 3.63) is 16.4 Å². The molecule has 18 heavy (non-hydrogen) atoms. The Bertz CT molecular complexity index is 386. The van der Waals surface area contributed by atoms with Gasteiger partial charge in [0.2, 0.25) is 0 Å². The average Bonchev–Trinajstić information content (AvgIpc) is 2.92. The molecule has 0 aliphatic heterocycles. The van der Waals surface area contributed by atoms with E-state index in [4.69, 9.17) is 16.3 Å². The Morgan fingerprint density at radius 1 is 1.44 bits per heavy atom. The van der Waals surface area contributed by atoms with Crippen LogP contribution in [0.4, 0.5) is 0 Å². The third-order valence-corrected chi connectivity index (χ3v) is 3.98. The summed E-state index contributed by atoms with van der Waals surface area (Å²) in [6.45, 7) is 4.30. The molecule has 5 heteroatoms. The molecule has 4 nitrogen and oxygen atoms in total. The molecule has 1 fully saturated rings. The second kappa shape index (κ2) is 6.55. The number of halogens is 1. The predicted octanol–water partition coefficient (Wildman–Crippen LogP) is 2.43. The Morgan fingerprint density at radius 3 is 2.78 bits per heavy atom. The minimum absolute atomic E-state index is 0.495. The zero-order chi connectivity index (χ0) is 13.0. The van der Waals surface area contributed by atoms with E-state index < -0.39 is 0 Å². The molecule has 1 aromatic rings. The molecule has 1 saturated carbocycles. The standard InChI is InChI=1S/C13H22ClN3O/c1-10-13(14)12(17(2)16-10)9-15-7-8-18-11-5-3-4-6-11/h11,15H,3-9H2,1-2H3. The van der Waals surface area contributed by atoms with Crippen molar-refractivity contribution in [1.82, 2.24) is 15.1 Å². The number of aromatic nitrogens is 2. The highest BCUT2D eigenvalue weighted by molar-refractivity contribution is 6.31. The first-order valence-corrected chi connectivity index (χ1v) is 7.06. The van der Waals surface area contributed by atoms with Gasteiger partial charge in [-0.1, -0.05) is 24.4 Å². The summed E-state index contributed by atoms with van der Waals surface area (Å²) in [4.78, 5) is 0. The zero-order valence-corrected chi connectivity index (χ0v) is 12.0. The van der Waals surface area contributed by atoms with Crippen LogP contribution in [0, 0.1) is 6.92 Å². The van der Waals surface area contributed by atoms with Crippen molar-refractivity contribution in [1.29, 1.82) is 0 Å². The van der Waals surface area contributed by atoms with E-state index >= 15 is 0 Å². The molecule has 0 radical (unpaired) electrons. The number of nitrogens with zero attached hydrogens (tertiary/aromatic N) is 2. The monoisotopic (exact) mass is 271 g/mol. The van der Waals surface area contributed by atoms with E-state index in [0.717, 1.165) is 36.1 Å². The van der Waals surface area contributed by atoms with Crippen LogP contribution in [0.3, 0.4) is 0 Å². The molecule has 2 rings (SSSR count). The van der Waals surface area contributed by atoms with E-state index in [-0.39, 0.29) is 0 Å². The van der Waals surface area contributed by atoms with Crippen LogP contribution in [0.15, 0.2) is 0 Å². The summed E-state index contributed by atoms with van der Waals surface area (Å²) in [7, 11) is 1.92. The molecular weight excluding hydrogens is 250 g/mol. The van der Waals surface area contributed by atoms with Gasteiger partial charge in [-0.05, 0) is 19.8 Å². The molecule has 1 N–H and O–H groups in total. The molecule has 0 saturated heterocycles. The fraction of sp³-hybridized carbons (Fsp3) is 0.769. The summed E-state index contributed by atoms with van der Waals surface area (Å²) in [5, 5.41) is 8.40. The number of hydrogen-bond acceptors (Lipinski definition) is 3. The highest BCUT2D eigenvalue weighted by Gasteiger charge is 2.15. The van der Waals surface area contributed by atoms with Gasteiger partial charge in [0.1, 0.15) is 0 Å². The minimum atomic E-state index is 0.495. The molecule has 1 heterocycles.